The van der Waals surface area contributed by atoms with Gasteiger partial charge in [0.15, 0.2) is 6.61 Å². The molecule has 0 aliphatic heterocycles. The number of quaternary nitrogens is 1. The van der Waals surface area contributed by atoms with Crippen LogP contribution in [-0.4, -0.2) is 39.7 Å². The zero-order chi connectivity index (χ0) is 20.8. The van der Waals surface area contributed by atoms with E-state index in [0.29, 0.717) is 23.4 Å². The van der Waals surface area contributed by atoms with Crippen LogP contribution in [0.15, 0.2) is 57.7 Å². The molecule has 1 aromatic heterocycles. The van der Waals surface area contributed by atoms with Gasteiger partial charge in [-0.05, 0) is 30.2 Å². The highest BCUT2D eigenvalue weighted by Gasteiger charge is 2.14. The van der Waals surface area contributed by atoms with Crippen LogP contribution in [0.5, 0.6) is 5.75 Å². The Morgan fingerprint density at radius 2 is 1.90 bits per heavy atom. The lowest BCUT2D eigenvalue weighted by atomic mass is 10.0. The van der Waals surface area contributed by atoms with Gasteiger partial charge in [0.2, 0.25) is 0 Å². The van der Waals surface area contributed by atoms with Gasteiger partial charge in [-0.1, -0.05) is 30.3 Å². The lowest BCUT2D eigenvalue weighted by Crippen LogP contribution is -3.05. The van der Waals surface area contributed by atoms with Crippen molar-refractivity contribution in [1.82, 2.24) is 5.32 Å². The molecular formula is C23H27N2O4+. The molecule has 29 heavy (non-hydrogen) atoms. The summed E-state index contributed by atoms with van der Waals surface area (Å²) >= 11 is 0. The van der Waals surface area contributed by atoms with Gasteiger partial charge in [0.05, 0.1) is 20.6 Å². The van der Waals surface area contributed by atoms with Crippen molar-refractivity contribution in [3.63, 3.8) is 0 Å². The maximum atomic E-state index is 12.1. The second kappa shape index (κ2) is 9.39. The molecule has 3 rings (SSSR count). The van der Waals surface area contributed by atoms with Crippen LogP contribution in [0.1, 0.15) is 12.0 Å². The molecule has 0 fully saturated rings. The monoisotopic (exact) mass is 395 g/mol. The third-order valence-corrected chi connectivity index (χ3v) is 4.73. The van der Waals surface area contributed by atoms with E-state index in [-0.39, 0.29) is 12.5 Å². The Morgan fingerprint density at radius 1 is 1.14 bits per heavy atom. The minimum absolute atomic E-state index is 0.0796. The SMILES string of the molecule is Cc1c(OCC(=O)NCCC[NH+](C)C)ccc2c(-c3ccccc3)cc(=O)oc12. The normalized spacial score (nSPS) is 11.0. The lowest BCUT2D eigenvalue weighted by Gasteiger charge is -2.13. The van der Waals surface area contributed by atoms with Crippen LogP contribution in [0.4, 0.5) is 0 Å². The molecule has 0 atom stereocenters. The Bertz CT molecular complexity index is 1040. The van der Waals surface area contributed by atoms with Crippen molar-refractivity contribution in [2.45, 2.75) is 13.3 Å². The standard InChI is InChI=1S/C23H26N2O4/c1-16-20(28-15-21(26)24-12-7-13-25(2)3)11-10-18-19(14-22(27)29-23(16)18)17-8-5-4-6-9-17/h4-6,8-11,14H,7,12-13,15H2,1-3H3,(H,24,26)/p+1. The van der Waals surface area contributed by atoms with E-state index in [1.807, 2.05) is 49.4 Å². The molecule has 152 valence electrons. The second-order valence-electron chi connectivity index (χ2n) is 7.36. The lowest BCUT2D eigenvalue weighted by molar-refractivity contribution is -0.858. The molecule has 3 aromatic rings. The van der Waals surface area contributed by atoms with Crippen LogP contribution >= 0.6 is 0 Å². The zero-order valence-corrected chi connectivity index (χ0v) is 17.1. The quantitative estimate of drug-likeness (QED) is 0.451. The van der Waals surface area contributed by atoms with E-state index in [4.69, 9.17) is 9.15 Å². The number of ether oxygens (including phenoxy) is 1. The summed E-state index contributed by atoms with van der Waals surface area (Å²) in [5.74, 6) is 0.358. The number of fused-ring (bicyclic) bond motifs is 1. The fraction of sp³-hybridized carbons (Fsp3) is 0.304. The number of hydrogen-bond donors (Lipinski definition) is 2. The van der Waals surface area contributed by atoms with Crippen molar-refractivity contribution >= 4 is 16.9 Å². The third-order valence-electron chi connectivity index (χ3n) is 4.73. The molecular weight excluding hydrogens is 368 g/mol. The van der Waals surface area contributed by atoms with Gasteiger partial charge >= 0.3 is 5.63 Å². The van der Waals surface area contributed by atoms with E-state index < -0.39 is 5.63 Å². The van der Waals surface area contributed by atoms with Crippen molar-refractivity contribution in [1.29, 1.82) is 0 Å². The highest BCUT2D eigenvalue weighted by molar-refractivity contribution is 5.95. The molecule has 0 saturated heterocycles. The predicted octanol–water partition coefficient (Wildman–Crippen LogP) is 1.80. The van der Waals surface area contributed by atoms with Gasteiger partial charge < -0.3 is 19.4 Å². The van der Waals surface area contributed by atoms with E-state index in [2.05, 4.69) is 19.4 Å². The topological polar surface area (TPSA) is 73.0 Å². The smallest absolute Gasteiger partial charge is 0.336 e. The summed E-state index contributed by atoms with van der Waals surface area (Å²) < 4.78 is 11.2. The van der Waals surface area contributed by atoms with Crippen LogP contribution < -0.4 is 20.6 Å². The number of benzene rings is 2. The largest absolute Gasteiger partial charge is 0.483 e. The first-order chi connectivity index (χ1) is 14.0. The van der Waals surface area contributed by atoms with Crippen LogP contribution in [0.2, 0.25) is 0 Å². The fourth-order valence-corrected chi connectivity index (χ4v) is 3.22. The third kappa shape index (κ3) is 5.23. The number of nitrogens with one attached hydrogen (secondary N) is 2. The molecule has 0 bridgehead atoms. The van der Waals surface area contributed by atoms with Crippen molar-refractivity contribution in [3.8, 4) is 16.9 Å². The molecule has 1 heterocycles. The number of carbonyl (C=O) groups is 1. The van der Waals surface area contributed by atoms with Gasteiger partial charge in [-0.3, -0.25) is 4.79 Å². The Balaban J connectivity index is 1.77. The van der Waals surface area contributed by atoms with Crippen molar-refractivity contribution in [2.75, 3.05) is 33.8 Å². The minimum Gasteiger partial charge on any atom is -0.483 e. The molecule has 0 aliphatic carbocycles. The Labute approximate surface area is 170 Å². The van der Waals surface area contributed by atoms with Crippen LogP contribution in [-0.2, 0) is 4.79 Å². The van der Waals surface area contributed by atoms with Gasteiger partial charge in [0.25, 0.3) is 5.91 Å². The second-order valence-corrected chi connectivity index (χ2v) is 7.36. The number of hydrogen-bond acceptors (Lipinski definition) is 4. The number of aryl methyl sites for hydroxylation is 1. The molecule has 1 amide bonds. The number of rotatable bonds is 8. The Morgan fingerprint density at radius 3 is 2.62 bits per heavy atom. The van der Waals surface area contributed by atoms with E-state index in [9.17, 15) is 9.59 Å². The van der Waals surface area contributed by atoms with Gasteiger partial charge in [0, 0.05) is 30.0 Å². The molecule has 0 saturated carbocycles. The maximum absolute atomic E-state index is 12.1. The molecule has 2 N–H and O–H groups in total. The summed E-state index contributed by atoms with van der Waals surface area (Å²) in [4.78, 5) is 25.5. The first-order valence-corrected chi connectivity index (χ1v) is 9.77. The highest BCUT2D eigenvalue weighted by Crippen LogP contribution is 2.32. The highest BCUT2D eigenvalue weighted by atomic mass is 16.5. The number of carbonyl (C=O) groups excluding carboxylic acids is 1. The van der Waals surface area contributed by atoms with E-state index in [0.717, 1.165) is 29.5 Å². The summed E-state index contributed by atoms with van der Waals surface area (Å²) in [7, 11) is 4.16. The summed E-state index contributed by atoms with van der Waals surface area (Å²) in [6.07, 6.45) is 0.913. The maximum Gasteiger partial charge on any atom is 0.336 e. The zero-order valence-electron chi connectivity index (χ0n) is 17.1. The fourth-order valence-electron chi connectivity index (χ4n) is 3.22. The van der Waals surface area contributed by atoms with Gasteiger partial charge in [-0.2, -0.15) is 0 Å². The van der Waals surface area contributed by atoms with Crippen LogP contribution in [0, 0.1) is 6.92 Å². The minimum atomic E-state index is -0.419. The molecule has 0 spiro atoms. The van der Waals surface area contributed by atoms with Crippen LogP contribution in [0.25, 0.3) is 22.1 Å². The Hall–Kier alpha value is -3.12. The van der Waals surface area contributed by atoms with Crippen molar-refractivity contribution < 1.29 is 18.8 Å². The average Bonchev–Trinajstić information content (AvgIpc) is 2.71. The van der Waals surface area contributed by atoms with Crippen molar-refractivity contribution in [3.05, 3.63) is 64.5 Å². The first-order valence-electron chi connectivity index (χ1n) is 9.77. The molecule has 2 aromatic carbocycles. The van der Waals surface area contributed by atoms with E-state index in [1.165, 1.54) is 11.0 Å². The van der Waals surface area contributed by atoms with E-state index >= 15 is 0 Å². The summed E-state index contributed by atoms with van der Waals surface area (Å²) in [5.41, 5.74) is 2.51. The predicted molar refractivity (Wildman–Crippen MR) is 113 cm³/mol. The molecule has 0 radical (unpaired) electrons. The number of amides is 1. The molecule has 0 unspecified atom stereocenters. The average molecular weight is 395 g/mol. The van der Waals surface area contributed by atoms with Gasteiger partial charge in [-0.25, -0.2) is 4.79 Å². The van der Waals surface area contributed by atoms with Gasteiger partial charge in [0.1, 0.15) is 11.3 Å². The van der Waals surface area contributed by atoms with Gasteiger partial charge in [-0.15, -0.1) is 0 Å². The summed E-state index contributed by atoms with van der Waals surface area (Å²) in [6, 6.07) is 14.9. The molecule has 0 aliphatic rings. The van der Waals surface area contributed by atoms with E-state index in [1.54, 1.807) is 0 Å². The summed E-state index contributed by atoms with van der Waals surface area (Å²) in [6.45, 7) is 3.37. The molecule has 6 heteroatoms. The first kappa shape index (κ1) is 20.6. The Kier molecular flexibility index (Phi) is 6.67. The van der Waals surface area contributed by atoms with Crippen molar-refractivity contribution in [2.24, 2.45) is 0 Å². The van der Waals surface area contributed by atoms with Crippen LogP contribution in [0.3, 0.4) is 0 Å². The summed E-state index contributed by atoms with van der Waals surface area (Å²) in [5, 5.41) is 3.68. The molecule has 6 nitrogen and oxygen atoms in total.